The monoisotopic (exact) mass is 394 g/mol. The topological polar surface area (TPSA) is 49.4 Å². The zero-order valence-corrected chi connectivity index (χ0v) is 17.8. The molecule has 4 bridgehead atoms. The molecule has 0 aromatic heterocycles. The number of carbonyl (C=O) groups is 2. The van der Waals surface area contributed by atoms with Crippen molar-refractivity contribution in [3.8, 4) is 0 Å². The van der Waals surface area contributed by atoms with Crippen LogP contribution in [0.5, 0.6) is 0 Å². The van der Waals surface area contributed by atoms with Crippen LogP contribution in [-0.2, 0) is 21.5 Å². The SMILES string of the molecule is CC(C)(C(=O)NC1C2CC3CC(C2)CC1C3)c1cccc(CN2CCCC2=O)c1. The Labute approximate surface area is 174 Å². The second-order valence-electron chi connectivity index (χ2n) is 10.7. The maximum Gasteiger partial charge on any atom is 0.230 e. The molecule has 1 saturated heterocycles. The average Bonchev–Trinajstić information content (AvgIpc) is 3.08. The van der Waals surface area contributed by atoms with Crippen molar-refractivity contribution in [2.75, 3.05) is 6.54 Å². The molecule has 1 aromatic rings. The average molecular weight is 395 g/mol. The van der Waals surface area contributed by atoms with Crippen LogP contribution in [0.15, 0.2) is 24.3 Å². The molecule has 4 aliphatic carbocycles. The highest BCUT2D eigenvalue weighted by molar-refractivity contribution is 5.87. The van der Waals surface area contributed by atoms with Crippen molar-refractivity contribution < 1.29 is 9.59 Å². The summed E-state index contributed by atoms with van der Waals surface area (Å²) in [5.74, 6) is 3.63. The first-order chi connectivity index (χ1) is 13.9. The van der Waals surface area contributed by atoms with Crippen LogP contribution in [0.2, 0.25) is 0 Å². The highest BCUT2D eigenvalue weighted by Crippen LogP contribution is 2.53. The highest BCUT2D eigenvalue weighted by atomic mass is 16.2. The van der Waals surface area contributed by atoms with Crippen LogP contribution in [0.4, 0.5) is 0 Å². The van der Waals surface area contributed by atoms with Gasteiger partial charge >= 0.3 is 0 Å². The van der Waals surface area contributed by atoms with E-state index in [0.717, 1.165) is 35.9 Å². The van der Waals surface area contributed by atoms with Crippen molar-refractivity contribution in [1.29, 1.82) is 0 Å². The lowest BCUT2D eigenvalue weighted by Gasteiger charge is -2.54. The number of hydrogen-bond acceptors (Lipinski definition) is 2. The maximum absolute atomic E-state index is 13.4. The number of nitrogens with zero attached hydrogens (tertiary/aromatic N) is 1. The Morgan fingerprint density at radius 3 is 2.41 bits per heavy atom. The zero-order valence-electron chi connectivity index (χ0n) is 17.8. The minimum atomic E-state index is -0.570. The van der Waals surface area contributed by atoms with Crippen LogP contribution in [0.3, 0.4) is 0 Å². The molecule has 5 fully saturated rings. The van der Waals surface area contributed by atoms with Gasteiger partial charge in [-0.05, 0) is 87.2 Å². The molecule has 4 nitrogen and oxygen atoms in total. The predicted octanol–water partition coefficient (Wildman–Crippen LogP) is 4.03. The molecule has 0 radical (unpaired) electrons. The molecular formula is C25H34N2O2. The fourth-order valence-corrected chi connectivity index (χ4v) is 6.77. The number of amides is 2. The normalized spacial score (nSPS) is 33.4. The van der Waals surface area contributed by atoms with Gasteiger partial charge in [0.05, 0.1) is 5.41 Å². The van der Waals surface area contributed by atoms with Crippen molar-refractivity contribution in [3.05, 3.63) is 35.4 Å². The van der Waals surface area contributed by atoms with Crippen LogP contribution < -0.4 is 5.32 Å². The third-order valence-electron chi connectivity index (χ3n) is 8.29. The van der Waals surface area contributed by atoms with Crippen LogP contribution in [0, 0.1) is 23.7 Å². The lowest BCUT2D eigenvalue weighted by molar-refractivity contribution is -0.130. The first kappa shape index (κ1) is 19.1. The summed E-state index contributed by atoms with van der Waals surface area (Å²) >= 11 is 0. The third kappa shape index (κ3) is 3.49. The molecule has 1 aliphatic heterocycles. The second kappa shape index (κ2) is 7.14. The van der Waals surface area contributed by atoms with E-state index < -0.39 is 5.41 Å². The largest absolute Gasteiger partial charge is 0.352 e. The van der Waals surface area contributed by atoms with Gasteiger partial charge in [-0.3, -0.25) is 9.59 Å². The Morgan fingerprint density at radius 2 is 1.79 bits per heavy atom. The van der Waals surface area contributed by atoms with Gasteiger partial charge in [0.25, 0.3) is 0 Å². The number of likely N-dealkylation sites (tertiary alicyclic amines) is 1. The molecule has 4 heteroatoms. The predicted molar refractivity (Wildman–Crippen MR) is 113 cm³/mol. The molecule has 2 amide bonds. The van der Waals surface area contributed by atoms with Crippen molar-refractivity contribution >= 4 is 11.8 Å². The van der Waals surface area contributed by atoms with Gasteiger partial charge in [0.2, 0.25) is 11.8 Å². The molecule has 1 N–H and O–H groups in total. The first-order valence-electron chi connectivity index (χ1n) is 11.6. The summed E-state index contributed by atoms with van der Waals surface area (Å²) in [7, 11) is 0. The highest BCUT2D eigenvalue weighted by Gasteiger charge is 2.49. The Bertz CT molecular complexity index is 787. The second-order valence-corrected chi connectivity index (χ2v) is 10.7. The third-order valence-corrected chi connectivity index (χ3v) is 8.29. The summed E-state index contributed by atoms with van der Waals surface area (Å²) in [4.78, 5) is 27.3. The number of rotatable bonds is 5. The molecule has 156 valence electrons. The van der Waals surface area contributed by atoms with Crippen molar-refractivity contribution in [2.45, 2.75) is 76.8 Å². The Kier molecular flexibility index (Phi) is 4.71. The van der Waals surface area contributed by atoms with Gasteiger partial charge in [0.1, 0.15) is 0 Å². The Morgan fingerprint density at radius 1 is 1.10 bits per heavy atom. The fourth-order valence-electron chi connectivity index (χ4n) is 6.77. The molecular weight excluding hydrogens is 360 g/mol. The zero-order chi connectivity index (χ0) is 20.2. The molecule has 5 aliphatic rings. The molecule has 1 aromatic carbocycles. The van der Waals surface area contributed by atoms with Crippen LogP contribution in [0.1, 0.15) is 69.9 Å². The van der Waals surface area contributed by atoms with E-state index in [1.54, 1.807) is 0 Å². The van der Waals surface area contributed by atoms with Gasteiger partial charge in [-0.15, -0.1) is 0 Å². The molecule has 1 heterocycles. The summed E-state index contributed by atoms with van der Waals surface area (Å²) < 4.78 is 0. The molecule has 0 unspecified atom stereocenters. The molecule has 6 rings (SSSR count). The van der Waals surface area contributed by atoms with Crippen LogP contribution >= 0.6 is 0 Å². The van der Waals surface area contributed by atoms with Crippen molar-refractivity contribution in [1.82, 2.24) is 10.2 Å². The van der Waals surface area contributed by atoms with E-state index >= 15 is 0 Å². The lowest BCUT2D eigenvalue weighted by atomic mass is 9.54. The number of carbonyl (C=O) groups excluding carboxylic acids is 2. The maximum atomic E-state index is 13.4. The summed E-state index contributed by atoms with van der Waals surface area (Å²) in [6, 6.07) is 8.66. The summed E-state index contributed by atoms with van der Waals surface area (Å²) in [5, 5.41) is 3.50. The summed E-state index contributed by atoms with van der Waals surface area (Å²) in [6.07, 6.45) is 8.33. The van der Waals surface area contributed by atoms with Gasteiger partial charge in [-0.1, -0.05) is 24.3 Å². The lowest BCUT2D eigenvalue weighted by Crippen LogP contribution is -2.58. The number of benzene rings is 1. The fraction of sp³-hybridized carbons (Fsp3) is 0.680. The Hall–Kier alpha value is -1.84. The molecule has 0 atom stereocenters. The van der Waals surface area contributed by atoms with Crippen LogP contribution in [0.25, 0.3) is 0 Å². The minimum Gasteiger partial charge on any atom is -0.352 e. The smallest absolute Gasteiger partial charge is 0.230 e. The van der Waals surface area contributed by atoms with Gasteiger partial charge < -0.3 is 10.2 Å². The van der Waals surface area contributed by atoms with E-state index in [9.17, 15) is 9.59 Å². The first-order valence-corrected chi connectivity index (χ1v) is 11.6. The van der Waals surface area contributed by atoms with Gasteiger partial charge in [-0.2, -0.15) is 0 Å². The molecule has 29 heavy (non-hydrogen) atoms. The summed E-state index contributed by atoms with van der Waals surface area (Å²) in [5.41, 5.74) is 1.59. The summed E-state index contributed by atoms with van der Waals surface area (Å²) in [6.45, 7) is 5.58. The molecule has 4 saturated carbocycles. The van der Waals surface area contributed by atoms with E-state index in [2.05, 4.69) is 23.5 Å². The minimum absolute atomic E-state index is 0.157. The van der Waals surface area contributed by atoms with E-state index in [4.69, 9.17) is 0 Å². The van der Waals surface area contributed by atoms with E-state index in [0.29, 0.717) is 30.8 Å². The Balaban J connectivity index is 1.29. The van der Waals surface area contributed by atoms with Gasteiger partial charge in [0.15, 0.2) is 0 Å². The van der Waals surface area contributed by atoms with E-state index in [1.807, 2.05) is 24.8 Å². The van der Waals surface area contributed by atoms with E-state index in [-0.39, 0.29) is 11.8 Å². The standard InChI is InChI=1S/C25H34N2O2/c1-25(2,21-6-3-5-16(14-21)15-27-8-4-7-22(27)28)24(29)26-23-19-10-17-9-18(12-19)13-20(23)11-17/h3,5-6,14,17-20,23H,4,7-13,15H2,1-2H3,(H,26,29). The van der Waals surface area contributed by atoms with Gasteiger partial charge in [0, 0.05) is 25.6 Å². The van der Waals surface area contributed by atoms with Gasteiger partial charge in [-0.25, -0.2) is 0 Å². The van der Waals surface area contributed by atoms with Crippen LogP contribution in [-0.4, -0.2) is 29.3 Å². The molecule has 0 spiro atoms. The van der Waals surface area contributed by atoms with Crippen molar-refractivity contribution in [2.24, 2.45) is 23.7 Å². The quantitative estimate of drug-likeness (QED) is 0.820. The van der Waals surface area contributed by atoms with Crippen molar-refractivity contribution in [3.63, 3.8) is 0 Å². The number of nitrogens with one attached hydrogen (secondary N) is 1. The van der Waals surface area contributed by atoms with E-state index in [1.165, 1.54) is 32.1 Å². The number of hydrogen-bond donors (Lipinski definition) is 1.